The molecular weight excluding hydrogens is 394 g/mol. The van der Waals surface area contributed by atoms with E-state index >= 15 is 0 Å². The molecule has 2 N–H and O–H groups in total. The van der Waals surface area contributed by atoms with E-state index < -0.39 is 6.10 Å². The van der Waals surface area contributed by atoms with Gasteiger partial charge in [0.25, 0.3) is 5.91 Å². The Morgan fingerprint density at radius 1 is 1.00 bits per heavy atom. The Hall–Kier alpha value is -3.35. The van der Waals surface area contributed by atoms with E-state index in [1.165, 1.54) is 11.3 Å². The molecule has 162 valence electrons. The zero-order valence-electron chi connectivity index (χ0n) is 17.6. The van der Waals surface area contributed by atoms with Crippen LogP contribution in [0.3, 0.4) is 0 Å². The molecule has 0 radical (unpaired) electrons. The summed E-state index contributed by atoms with van der Waals surface area (Å²) >= 11 is 0. The molecule has 4 rings (SSSR count). The number of ether oxygens (including phenoxy) is 1. The number of nitrogens with zero attached hydrogens (tertiary/aromatic N) is 1. The molecule has 2 aromatic rings. The number of para-hydroxylation sites is 1. The zero-order valence-corrected chi connectivity index (χ0v) is 17.6. The van der Waals surface area contributed by atoms with Crippen molar-refractivity contribution in [3.8, 4) is 5.75 Å². The maximum absolute atomic E-state index is 12.8. The topological polar surface area (TPSA) is 87.7 Å². The third-order valence-electron chi connectivity index (χ3n) is 5.77. The van der Waals surface area contributed by atoms with E-state index in [0.29, 0.717) is 22.8 Å². The van der Waals surface area contributed by atoms with Gasteiger partial charge >= 0.3 is 0 Å². The number of amides is 3. The van der Waals surface area contributed by atoms with Gasteiger partial charge in [-0.25, -0.2) is 0 Å². The summed E-state index contributed by atoms with van der Waals surface area (Å²) in [6.07, 6.45) is 4.45. The Kier molecular flexibility index (Phi) is 6.21. The SMILES string of the molecule is CC1Oc2ccc(NC(=O)C3CCCCC3)cc2N(CC(=O)Nc2ccccc2)C1=O. The Balaban J connectivity index is 1.51. The Labute approximate surface area is 181 Å². The van der Waals surface area contributed by atoms with Gasteiger partial charge in [-0.05, 0) is 50.1 Å². The van der Waals surface area contributed by atoms with Crippen LogP contribution in [0.2, 0.25) is 0 Å². The highest BCUT2D eigenvalue weighted by Crippen LogP contribution is 2.36. The lowest BCUT2D eigenvalue weighted by Gasteiger charge is -2.33. The molecule has 31 heavy (non-hydrogen) atoms. The maximum atomic E-state index is 12.8. The third kappa shape index (κ3) is 4.87. The number of benzene rings is 2. The molecule has 1 aliphatic carbocycles. The van der Waals surface area contributed by atoms with Crippen LogP contribution in [0, 0.1) is 5.92 Å². The van der Waals surface area contributed by atoms with E-state index in [9.17, 15) is 14.4 Å². The number of carbonyl (C=O) groups is 3. The van der Waals surface area contributed by atoms with Crippen molar-refractivity contribution in [1.29, 1.82) is 0 Å². The van der Waals surface area contributed by atoms with Crippen molar-refractivity contribution in [3.05, 3.63) is 48.5 Å². The maximum Gasteiger partial charge on any atom is 0.268 e. The monoisotopic (exact) mass is 421 g/mol. The van der Waals surface area contributed by atoms with Gasteiger partial charge < -0.3 is 15.4 Å². The minimum atomic E-state index is -0.695. The average Bonchev–Trinajstić information content (AvgIpc) is 2.78. The molecule has 1 unspecified atom stereocenters. The molecule has 0 saturated heterocycles. The molecular formula is C24H27N3O4. The normalized spacial score (nSPS) is 18.7. The van der Waals surface area contributed by atoms with Gasteiger partial charge in [-0.15, -0.1) is 0 Å². The van der Waals surface area contributed by atoms with Gasteiger partial charge in [-0.2, -0.15) is 0 Å². The first-order valence-corrected chi connectivity index (χ1v) is 10.8. The highest BCUT2D eigenvalue weighted by Gasteiger charge is 2.33. The number of hydrogen-bond acceptors (Lipinski definition) is 4. The van der Waals surface area contributed by atoms with E-state index in [0.717, 1.165) is 25.7 Å². The minimum absolute atomic E-state index is 0.00411. The number of carbonyl (C=O) groups excluding carboxylic acids is 3. The van der Waals surface area contributed by atoms with Crippen LogP contribution in [0.25, 0.3) is 0 Å². The number of hydrogen-bond donors (Lipinski definition) is 2. The van der Waals surface area contributed by atoms with Gasteiger partial charge in [0.1, 0.15) is 12.3 Å². The first-order chi connectivity index (χ1) is 15.0. The molecule has 1 heterocycles. The van der Waals surface area contributed by atoms with Gasteiger partial charge in [-0.3, -0.25) is 19.3 Å². The molecule has 7 heteroatoms. The summed E-state index contributed by atoms with van der Waals surface area (Å²) in [5.74, 6) is -0.0714. The summed E-state index contributed by atoms with van der Waals surface area (Å²) in [5, 5.41) is 5.77. The van der Waals surface area contributed by atoms with Crippen LogP contribution in [-0.4, -0.2) is 30.4 Å². The van der Waals surface area contributed by atoms with Crippen LogP contribution in [0.15, 0.2) is 48.5 Å². The summed E-state index contributed by atoms with van der Waals surface area (Å²) in [6.45, 7) is 1.51. The van der Waals surface area contributed by atoms with Crippen LogP contribution < -0.4 is 20.3 Å². The lowest BCUT2D eigenvalue weighted by Crippen LogP contribution is -2.47. The van der Waals surface area contributed by atoms with Gasteiger partial charge in [0, 0.05) is 17.3 Å². The largest absolute Gasteiger partial charge is 0.479 e. The molecule has 2 aromatic carbocycles. The van der Waals surface area contributed by atoms with Gasteiger partial charge in [-0.1, -0.05) is 37.5 Å². The summed E-state index contributed by atoms with van der Waals surface area (Å²) in [5.41, 5.74) is 1.73. The average molecular weight is 421 g/mol. The van der Waals surface area contributed by atoms with Crippen molar-refractivity contribution in [2.24, 2.45) is 5.92 Å². The fourth-order valence-electron chi connectivity index (χ4n) is 4.12. The van der Waals surface area contributed by atoms with Crippen LogP contribution >= 0.6 is 0 Å². The van der Waals surface area contributed by atoms with Crippen molar-refractivity contribution in [2.45, 2.75) is 45.1 Å². The molecule has 1 aliphatic heterocycles. The van der Waals surface area contributed by atoms with Crippen molar-refractivity contribution in [1.82, 2.24) is 0 Å². The molecule has 7 nitrogen and oxygen atoms in total. The summed E-state index contributed by atoms with van der Waals surface area (Å²) in [4.78, 5) is 39.4. The third-order valence-corrected chi connectivity index (χ3v) is 5.77. The van der Waals surface area contributed by atoms with Gasteiger partial charge in [0.15, 0.2) is 6.10 Å². The lowest BCUT2D eigenvalue weighted by molar-refractivity contribution is -0.127. The first-order valence-electron chi connectivity index (χ1n) is 10.8. The molecule has 0 bridgehead atoms. The Morgan fingerprint density at radius 2 is 1.74 bits per heavy atom. The predicted octanol–water partition coefficient (Wildman–Crippen LogP) is 3.96. The fourth-order valence-corrected chi connectivity index (χ4v) is 4.12. The summed E-state index contributed by atoms with van der Waals surface area (Å²) in [6, 6.07) is 14.3. The van der Waals surface area contributed by atoms with E-state index in [1.54, 1.807) is 37.3 Å². The van der Waals surface area contributed by atoms with Gasteiger partial charge in [0.05, 0.1) is 5.69 Å². The van der Waals surface area contributed by atoms with E-state index in [2.05, 4.69) is 10.6 Å². The van der Waals surface area contributed by atoms with Crippen LogP contribution in [-0.2, 0) is 14.4 Å². The highest BCUT2D eigenvalue weighted by atomic mass is 16.5. The first kappa shape index (κ1) is 20.9. The van der Waals surface area contributed by atoms with Gasteiger partial charge in [0.2, 0.25) is 11.8 Å². The lowest BCUT2D eigenvalue weighted by atomic mass is 9.88. The van der Waals surface area contributed by atoms with Crippen molar-refractivity contribution < 1.29 is 19.1 Å². The van der Waals surface area contributed by atoms with Crippen molar-refractivity contribution >= 4 is 34.8 Å². The summed E-state index contributed by atoms with van der Waals surface area (Å²) < 4.78 is 5.71. The number of fused-ring (bicyclic) bond motifs is 1. The molecule has 3 amide bonds. The number of anilines is 3. The minimum Gasteiger partial charge on any atom is -0.479 e. The van der Waals surface area contributed by atoms with Crippen LogP contribution in [0.5, 0.6) is 5.75 Å². The second-order valence-corrected chi connectivity index (χ2v) is 8.11. The molecule has 0 aromatic heterocycles. The predicted molar refractivity (Wildman–Crippen MR) is 119 cm³/mol. The molecule has 0 spiro atoms. The quantitative estimate of drug-likeness (QED) is 0.765. The fraction of sp³-hybridized carbons (Fsp3) is 0.375. The molecule has 2 aliphatic rings. The van der Waals surface area contributed by atoms with E-state index in [-0.39, 0.29) is 30.2 Å². The van der Waals surface area contributed by atoms with Crippen LogP contribution in [0.4, 0.5) is 17.1 Å². The van der Waals surface area contributed by atoms with E-state index in [1.807, 2.05) is 18.2 Å². The van der Waals surface area contributed by atoms with Crippen molar-refractivity contribution in [2.75, 3.05) is 22.1 Å². The molecule has 1 saturated carbocycles. The molecule has 1 fully saturated rings. The standard InChI is InChI=1S/C24H27N3O4/c1-16-24(30)27(15-22(28)25-18-10-6-3-7-11-18)20-14-19(12-13-21(20)31-16)26-23(29)17-8-4-2-5-9-17/h3,6-7,10-14,16-17H,2,4-5,8-9,15H2,1H3,(H,25,28)(H,26,29). The Bertz CT molecular complexity index is 970. The number of nitrogens with one attached hydrogen (secondary N) is 2. The second kappa shape index (κ2) is 9.20. The smallest absolute Gasteiger partial charge is 0.268 e. The van der Waals surface area contributed by atoms with E-state index in [4.69, 9.17) is 4.74 Å². The Morgan fingerprint density at radius 3 is 2.48 bits per heavy atom. The highest BCUT2D eigenvalue weighted by molar-refractivity contribution is 6.06. The molecule has 1 atom stereocenters. The number of rotatable bonds is 5. The zero-order chi connectivity index (χ0) is 21.8. The van der Waals surface area contributed by atoms with Crippen molar-refractivity contribution in [3.63, 3.8) is 0 Å². The second-order valence-electron chi connectivity index (χ2n) is 8.11. The van der Waals surface area contributed by atoms with Crippen LogP contribution in [0.1, 0.15) is 39.0 Å². The summed E-state index contributed by atoms with van der Waals surface area (Å²) in [7, 11) is 0.